The van der Waals surface area contributed by atoms with Crippen molar-refractivity contribution in [3.05, 3.63) is 12.2 Å². The maximum Gasteiger partial charge on any atom is 0.249 e. The molecule has 47 heavy (non-hydrogen) atoms. The Bertz CT molecular complexity index is 655. The van der Waals surface area contributed by atoms with Crippen LogP contribution < -0.4 is 5.32 Å². The molecule has 0 aromatic rings. The molecule has 5 nitrogen and oxygen atoms in total. The monoisotopic (exact) mass is 666 g/mol. The zero-order chi connectivity index (χ0) is 34.5. The van der Waals surface area contributed by atoms with E-state index in [-0.39, 0.29) is 6.61 Å². The van der Waals surface area contributed by atoms with E-state index in [0.29, 0.717) is 6.42 Å². The Balaban J connectivity index is 3.54. The fourth-order valence-corrected chi connectivity index (χ4v) is 6.54. The van der Waals surface area contributed by atoms with Gasteiger partial charge in [-0.1, -0.05) is 219 Å². The summed E-state index contributed by atoms with van der Waals surface area (Å²) in [4.78, 5) is 12.4. The van der Waals surface area contributed by atoms with Gasteiger partial charge in [0.15, 0.2) is 0 Å². The third-order valence-corrected chi connectivity index (χ3v) is 9.88. The van der Waals surface area contributed by atoms with E-state index in [1.54, 1.807) is 6.08 Å². The van der Waals surface area contributed by atoms with Crippen molar-refractivity contribution < 1.29 is 20.1 Å². The number of hydrogen-bond donors (Lipinski definition) is 4. The molecule has 0 aromatic heterocycles. The minimum absolute atomic E-state index is 0.360. The topological polar surface area (TPSA) is 89.8 Å². The van der Waals surface area contributed by atoms with Gasteiger partial charge in [-0.2, -0.15) is 0 Å². The predicted molar refractivity (Wildman–Crippen MR) is 204 cm³/mol. The van der Waals surface area contributed by atoms with Gasteiger partial charge in [0.1, 0.15) is 6.10 Å². The summed E-state index contributed by atoms with van der Waals surface area (Å²) in [5.41, 5.74) is 0. The number of aliphatic hydroxyl groups is 3. The largest absolute Gasteiger partial charge is 0.394 e. The lowest BCUT2D eigenvalue weighted by molar-refractivity contribution is -0.131. The van der Waals surface area contributed by atoms with Crippen LogP contribution in [-0.2, 0) is 4.79 Å². The summed E-state index contributed by atoms with van der Waals surface area (Å²) in [6, 6.07) is -0.790. The highest BCUT2D eigenvalue weighted by Gasteiger charge is 2.22. The quantitative estimate of drug-likeness (QED) is 0.0390. The number of hydrogen-bond acceptors (Lipinski definition) is 4. The zero-order valence-corrected chi connectivity index (χ0v) is 31.7. The second-order valence-electron chi connectivity index (χ2n) is 14.6. The summed E-state index contributed by atoms with van der Waals surface area (Å²) in [6.45, 7) is 4.16. The van der Waals surface area contributed by atoms with Crippen LogP contribution in [0.1, 0.15) is 226 Å². The molecule has 0 bridgehead atoms. The molecule has 0 spiro atoms. The fraction of sp³-hybridized carbons (Fsp3) is 0.929. The standard InChI is InChI=1S/C42H83NO4/c1-3-5-7-9-11-13-14-15-16-17-18-19-20-21-22-23-24-25-26-27-29-31-33-35-37-41(46)42(47)43-39(38-44)40(45)36-34-32-30-28-12-10-8-6-4-2/h34,36,39-41,44-46H,3-33,35,37-38H2,1-2H3,(H,43,47)/b36-34+. The number of nitrogens with one attached hydrogen (secondary N) is 1. The van der Waals surface area contributed by atoms with E-state index in [9.17, 15) is 20.1 Å². The average Bonchev–Trinajstić information content (AvgIpc) is 3.07. The molecule has 4 N–H and O–H groups in total. The van der Waals surface area contributed by atoms with Crippen LogP contribution in [0.4, 0.5) is 0 Å². The molecule has 0 aliphatic rings. The van der Waals surface area contributed by atoms with Crippen LogP contribution in [0.15, 0.2) is 12.2 Å². The molecule has 3 atom stereocenters. The highest BCUT2D eigenvalue weighted by Crippen LogP contribution is 2.16. The Morgan fingerprint density at radius 1 is 0.511 bits per heavy atom. The van der Waals surface area contributed by atoms with Crippen LogP contribution in [0.25, 0.3) is 0 Å². The van der Waals surface area contributed by atoms with Crippen molar-refractivity contribution in [1.29, 1.82) is 0 Å². The number of allylic oxidation sites excluding steroid dienone is 1. The smallest absolute Gasteiger partial charge is 0.249 e. The molecule has 0 rings (SSSR count). The Morgan fingerprint density at radius 2 is 0.830 bits per heavy atom. The Morgan fingerprint density at radius 3 is 1.17 bits per heavy atom. The van der Waals surface area contributed by atoms with Crippen molar-refractivity contribution in [3.8, 4) is 0 Å². The molecule has 3 unspecified atom stereocenters. The normalized spacial score (nSPS) is 13.7. The van der Waals surface area contributed by atoms with Crippen LogP contribution in [-0.4, -0.2) is 46.1 Å². The van der Waals surface area contributed by atoms with Gasteiger partial charge >= 0.3 is 0 Å². The first-order valence-corrected chi connectivity index (χ1v) is 21.0. The number of carbonyl (C=O) groups excluding carboxylic acids is 1. The van der Waals surface area contributed by atoms with Gasteiger partial charge in [0.2, 0.25) is 5.91 Å². The van der Waals surface area contributed by atoms with Crippen molar-refractivity contribution >= 4 is 5.91 Å². The maximum atomic E-state index is 12.4. The first kappa shape index (κ1) is 46.1. The molecule has 280 valence electrons. The summed E-state index contributed by atoms with van der Waals surface area (Å²) < 4.78 is 0. The number of unbranched alkanes of at least 4 members (excludes halogenated alkanes) is 30. The molecule has 0 heterocycles. The van der Waals surface area contributed by atoms with Gasteiger partial charge in [0.05, 0.1) is 18.8 Å². The summed E-state index contributed by atoms with van der Waals surface area (Å²) >= 11 is 0. The average molecular weight is 666 g/mol. The van der Waals surface area contributed by atoms with E-state index in [1.165, 1.54) is 173 Å². The van der Waals surface area contributed by atoms with Crippen LogP contribution in [0.5, 0.6) is 0 Å². The lowest BCUT2D eigenvalue weighted by Crippen LogP contribution is -2.48. The summed E-state index contributed by atoms with van der Waals surface area (Å²) in [5, 5.41) is 32.9. The molecule has 0 aliphatic heterocycles. The molecule has 0 aliphatic carbocycles. The maximum absolute atomic E-state index is 12.4. The molecule has 1 amide bonds. The molecular weight excluding hydrogens is 582 g/mol. The number of aliphatic hydroxyl groups excluding tert-OH is 3. The summed E-state index contributed by atoms with van der Waals surface area (Å²) in [7, 11) is 0. The Hall–Kier alpha value is -0.910. The van der Waals surface area contributed by atoms with Crippen LogP contribution >= 0.6 is 0 Å². The second-order valence-corrected chi connectivity index (χ2v) is 14.6. The number of rotatable bonds is 38. The Kier molecular flexibility index (Phi) is 37.2. The Labute approximate surface area is 293 Å². The van der Waals surface area contributed by atoms with E-state index in [1.807, 2.05) is 6.08 Å². The second kappa shape index (κ2) is 37.9. The number of carbonyl (C=O) groups is 1. The molecule has 0 fully saturated rings. The van der Waals surface area contributed by atoms with E-state index in [0.717, 1.165) is 32.1 Å². The zero-order valence-electron chi connectivity index (χ0n) is 31.7. The molecule has 0 saturated carbocycles. The van der Waals surface area contributed by atoms with Gasteiger partial charge in [-0.3, -0.25) is 4.79 Å². The molecule has 5 heteroatoms. The van der Waals surface area contributed by atoms with E-state index < -0.39 is 24.2 Å². The van der Waals surface area contributed by atoms with E-state index in [4.69, 9.17) is 0 Å². The van der Waals surface area contributed by atoms with Gasteiger partial charge in [-0.25, -0.2) is 0 Å². The SMILES string of the molecule is CCCCCCCCC/C=C/C(O)C(CO)NC(=O)C(O)CCCCCCCCCCCCCCCCCCCCCCCCCC. The first-order chi connectivity index (χ1) is 23.1. The number of amides is 1. The van der Waals surface area contributed by atoms with Gasteiger partial charge < -0.3 is 20.6 Å². The van der Waals surface area contributed by atoms with Gasteiger partial charge in [-0.15, -0.1) is 0 Å². The molecule has 0 radical (unpaired) electrons. The third-order valence-electron chi connectivity index (χ3n) is 9.88. The fourth-order valence-electron chi connectivity index (χ4n) is 6.54. The third kappa shape index (κ3) is 33.4. The summed E-state index contributed by atoms with van der Waals surface area (Å²) in [5.74, 6) is -0.502. The van der Waals surface area contributed by atoms with Crippen LogP contribution in [0.3, 0.4) is 0 Å². The van der Waals surface area contributed by atoms with E-state index >= 15 is 0 Å². The van der Waals surface area contributed by atoms with Gasteiger partial charge in [-0.05, 0) is 19.3 Å². The van der Waals surface area contributed by atoms with Gasteiger partial charge in [0, 0.05) is 0 Å². The van der Waals surface area contributed by atoms with Crippen molar-refractivity contribution in [1.82, 2.24) is 5.32 Å². The minimum atomic E-state index is -1.09. The highest BCUT2D eigenvalue weighted by atomic mass is 16.3. The molecular formula is C42H83NO4. The van der Waals surface area contributed by atoms with E-state index in [2.05, 4.69) is 19.2 Å². The predicted octanol–water partition coefficient (Wildman–Crippen LogP) is 11.7. The van der Waals surface area contributed by atoms with Gasteiger partial charge in [0.25, 0.3) is 0 Å². The van der Waals surface area contributed by atoms with Crippen LogP contribution in [0.2, 0.25) is 0 Å². The molecule has 0 saturated heterocycles. The minimum Gasteiger partial charge on any atom is -0.394 e. The highest BCUT2D eigenvalue weighted by molar-refractivity contribution is 5.80. The summed E-state index contributed by atoms with van der Waals surface area (Å²) in [6.07, 6.45) is 44.0. The molecule has 0 aromatic carbocycles. The lowest BCUT2D eigenvalue weighted by Gasteiger charge is -2.21. The first-order valence-electron chi connectivity index (χ1n) is 21.0. The van der Waals surface area contributed by atoms with Crippen LogP contribution in [0, 0.1) is 0 Å². The van der Waals surface area contributed by atoms with Crippen molar-refractivity contribution in [2.45, 2.75) is 244 Å². The van der Waals surface area contributed by atoms with Crippen molar-refractivity contribution in [3.63, 3.8) is 0 Å². The lowest BCUT2D eigenvalue weighted by atomic mass is 10.0. The van der Waals surface area contributed by atoms with Crippen molar-refractivity contribution in [2.24, 2.45) is 0 Å². The van der Waals surface area contributed by atoms with Crippen molar-refractivity contribution in [2.75, 3.05) is 6.61 Å².